The van der Waals surface area contributed by atoms with Crippen LogP contribution in [0.1, 0.15) is 54.2 Å². The van der Waals surface area contributed by atoms with Crippen LogP contribution in [-0.4, -0.2) is 43.4 Å². The molecule has 3 aromatic rings. The molecular weight excluding hydrogens is 476 g/mol. The van der Waals surface area contributed by atoms with E-state index >= 15 is 0 Å². The van der Waals surface area contributed by atoms with Gasteiger partial charge in [0, 0.05) is 9.78 Å². The highest BCUT2D eigenvalue weighted by atomic mass is 16.2. The third-order valence-electron chi connectivity index (χ3n) is 7.00. The zero-order valence-electron chi connectivity index (χ0n) is 23.6. The first-order valence-electron chi connectivity index (χ1n) is 13.4. The molecular formula is C31H44N4O3. The van der Waals surface area contributed by atoms with Gasteiger partial charge in [0.1, 0.15) is 6.04 Å². The number of nitrogens with one attached hydrogen (secondary N) is 2. The third-order valence-corrected chi connectivity index (χ3v) is 7.00. The van der Waals surface area contributed by atoms with E-state index in [1.54, 1.807) is 16.8 Å². The van der Waals surface area contributed by atoms with E-state index in [-0.39, 0.29) is 27.1 Å². The second kappa shape index (κ2) is 12.7. The number of carbonyl (C=O) groups excluding carboxylic acids is 3. The number of amides is 3. The molecule has 1 aliphatic rings. The number of rotatable bonds is 6. The van der Waals surface area contributed by atoms with E-state index in [0.29, 0.717) is 17.9 Å². The molecule has 7 heteroatoms. The zero-order valence-corrected chi connectivity index (χ0v) is 23.6. The van der Waals surface area contributed by atoms with Gasteiger partial charge < -0.3 is 20.4 Å². The van der Waals surface area contributed by atoms with Crippen LogP contribution in [0.3, 0.4) is 0 Å². The third kappa shape index (κ3) is 5.73. The lowest BCUT2D eigenvalue weighted by molar-refractivity contribution is -0.127. The average Bonchev–Trinajstić information content (AvgIpc) is 2.99. The number of hydrogen-bond donors (Lipinski definition) is 2. The molecule has 206 valence electrons. The summed E-state index contributed by atoms with van der Waals surface area (Å²) in [5.74, 6) is -0.720. The van der Waals surface area contributed by atoms with E-state index in [0.717, 1.165) is 33.9 Å². The summed E-state index contributed by atoms with van der Waals surface area (Å²) in [5.41, 5.74) is 4.53. The number of carbonyl (C=O) groups is 3. The number of aryl methyl sites for hydroxylation is 2. The van der Waals surface area contributed by atoms with Gasteiger partial charge in [0.05, 0.1) is 30.5 Å². The molecule has 0 radical (unpaired) electrons. The van der Waals surface area contributed by atoms with E-state index in [2.05, 4.69) is 41.8 Å². The van der Waals surface area contributed by atoms with Crippen LogP contribution in [0.25, 0.3) is 10.8 Å². The Morgan fingerprint density at radius 3 is 2.39 bits per heavy atom. The molecule has 0 fully saturated rings. The van der Waals surface area contributed by atoms with Crippen molar-refractivity contribution in [2.75, 3.05) is 23.4 Å². The van der Waals surface area contributed by atoms with Crippen molar-refractivity contribution < 1.29 is 17.2 Å². The Kier molecular flexibility index (Phi) is 9.64. The molecule has 4 rings (SSSR count). The highest BCUT2D eigenvalue weighted by molar-refractivity contribution is 6.08. The predicted molar refractivity (Wildman–Crippen MR) is 160 cm³/mol. The number of benzene rings is 3. The summed E-state index contributed by atoms with van der Waals surface area (Å²) in [6.45, 7) is 11.8. The Bertz CT molecular complexity index is 1330. The fraction of sp³-hybridized carbons (Fsp3) is 0.387. The Labute approximate surface area is 229 Å². The minimum atomic E-state index is -0.900. The van der Waals surface area contributed by atoms with Crippen LogP contribution in [0.15, 0.2) is 54.6 Å². The summed E-state index contributed by atoms with van der Waals surface area (Å²) >= 11 is 0. The Hall–Kier alpha value is -3.71. The van der Waals surface area contributed by atoms with Crippen molar-refractivity contribution in [3.05, 3.63) is 71.3 Å². The lowest BCUT2D eigenvalue weighted by Crippen LogP contribution is -2.58. The molecule has 0 spiro atoms. The Morgan fingerprint density at radius 1 is 1.03 bits per heavy atom. The second-order valence-corrected chi connectivity index (χ2v) is 9.39. The van der Waals surface area contributed by atoms with Crippen molar-refractivity contribution in [3.63, 3.8) is 0 Å². The average molecular weight is 521 g/mol. The van der Waals surface area contributed by atoms with Crippen molar-refractivity contribution in [2.24, 2.45) is 0 Å². The lowest BCUT2D eigenvalue weighted by atomic mass is 9.98. The Balaban J connectivity index is 0.00000196. The smallest absolute Gasteiger partial charge is 0.252 e. The molecule has 2 atom stereocenters. The topological polar surface area (TPSA) is 81.8 Å². The first-order chi connectivity index (χ1) is 18.3. The molecule has 0 aromatic heterocycles. The molecule has 0 aliphatic carbocycles. The van der Waals surface area contributed by atoms with Crippen LogP contribution in [0, 0.1) is 6.92 Å². The zero-order chi connectivity index (χ0) is 28.0. The summed E-state index contributed by atoms with van der Waals surface area (Å²) in [4.78, 5) is 43.1. The van der Waals surface area contributed by atoms with Crippen LogP contribution < -0.4 is 20.4 Å². The molecule has 1 aliphatic heterocycles. The van der Waals surface area contributed by atoms with E-state index < -0.39 is 12.1 Å². The van der Waals surface area contributed by atoms with Gasteiger partial charge in [-0.15, -0.1) is 0 Å². The van der Waals surface area contributed by atoms with Crippen molar-refractivity contribution in [1.82, 2.24) is 10.6 Å². The van der Waals surface area contributed by atoms with Gasteiger partial charge >= 0.3 is 0 Å². The first kappa shape index (κ1) is 28.9. The van der Waals surface area contributed by atoms with E-state index in [9.17, 15) is 14.4 Å². The SMILES string of the molecule is CC.CCc1ccc2c(c1)N(C(C)=O)[C@@H](C)C(NC(=O)CNC)C(=O)N2Cc1c(C)ccc2ccccc12.[HH].[HH]. The standard InChI is InChI=1S/C29H34N4O3.C2H6.2H2/c1-6-21-12-14-25-26(15-21)33(20(4)34)19(3)28(31-27(35)16-30-5)29(36)32(25)17-24-18(2)11-13-22-9-7-8-10-23(22)24;1-2;;/h7-15,19,28,30H,6,16-17H2,1-5H3,(H,31,35);1-2H3;2*1H/t19-,28?;;;/m0.../s1. The number of fused-ring (bicyclic) bond motifs is 2. The van der Waals surface area contributed by atoms with Crippen LogP contribution in [0.4, 0.5) is 11.4 Å². The normalized spacial score (nSPS) is 16.9. The van der Waals surface area contributed by atoms with Gasteiger partial charge in [0.2, 0.25) is 11.8 Å². The van der Waals surface area contributed by atoms with Crippen molar-refractivity contribution in [2.45, 2.75) is 66.6 Å². The minimum Gasteiger partial charge on any atom is -0.341 e. The van der Waals surface area contributed by atoms with Gasteiger partial charge in [0.15, 0.2) is 0 Å². The highest BCUT2D eigenvalue weighted by Crippen LogP contribution is 2.38. The summed E-state index contributed by atoms with van der Waals surface area (Å²) in [7, 11) is 1.68. The maximum absolute atomic E-state index is 14.2. The summed E-state index contributed by atoms with van der Waals surface area (Å²) < 4.78 is 0. The monoisotopic (exact) mass is 520 g/mol. The molecule has 1 heterocycles. The minimum absolute atomic E-state index is 0. The van der Waals surface area contributed by atoms with Gasteiger partial charge in [-0.05, 0) is 66.9 Å². The first-order valence-corrected chi connectivity index (χ1v) is 13.4. The van der Waals surface area contributed by atoms with Crippen LogP contribution in [-0.2, 0) is 27.3 Å². The largest absolute Gasteiger partial charge is 0.341 e. The van der Waals surface area contributed by atoms with E-state index in [4.69, 9.17) is 0 Å². The van der Waals surface area contributed by atoms with Crippen LogP contribution >= 0.6 is 0 Å². The molecule has 1 unspecified atom stereocenters. The van der Waals surface area contributed by atoms with Crippen LogP contribution in [0.5, 0.6) is 0 Å². The lowest BCUT2D eigenvalue weighted by Gasteiger charge is -2.31. The van der Waals surface area contributed by atoms with Gasteiger partial charge in [-0.1, -0.05) is 63.2 Å². The number of anilines is 2. The molecule has 38 heavy (non-hydrogen) atoms. The Morgan fingerprint density at radius 2 is 1.74 bits per heavy atom. The number of nitrogens with zero attached hydrogens (tertiary/aromatic N) is 2. The summed E-state index contributed by atoms with van der Waals surface area (Å²) in [6.07, 6.45) is 0.798. The van der Waals surface area contributed by atoms with Gasteiger partial charge in [-0.25, -0.2) is 0 Å². The second-order valence-electron chi connectivity index (χ2n) is 9.39. The fourth-order valence-electron chi connectivity index (χ4n) is 5.07. The molecule has 0 saturated heterocycles. The quantitative estimate of drug-likeness (QED) is 0.467. The molecule has 0 saturated carbocycles. The molecule has 2 N–H and O–H groups in total. The van der Waals surface area contributed by atoms with Gasteiger partial charge in [0.25, 0.3) is 5.91 Å². The molecule has 7 nitrogen and oxygen atoms in total. The predicted octanol–water partition coefficient (Wildman–Crippen LogP) is 5.22. The van der Waals surface area contributed by atoms with Crippen molar-refractivity contribution >= 4 is 39.9 Å². The number of likely N-dealkylation sites (N-methyl/N-ethyl adjacent to an activating group) is 1. The fourth-order valence-corrected chi connectivity index (χ4v) is 5.07. The highest BCUT2D eigenvalue weighted by Gasteiger charge is 2.41. The summed E-state index contributed by atoms with van der Waals surface area (Å²) in [5, 5.41) is 7.89. The van der Waals surface area contributed by atoms with Gasteiger partial charge in [-0.2, -0.15) is 0 Å². The summed E-state index contributed by atoms with van der Waals surface area (Å²) in [6, 6.07) is 16.7. The van der Waals surface area contributed by atoms with Crippen LogP contribution in [0.2, 0.25) is 0 Å². The van der Waals surface area contributed by atoms with E-state index in [1.807, 2.05) is 58.0 Å². The molecule has 3 amide bonds. The molecule has 0 bridgehead atoms. The van der Waals surface area contributed by atoms with Crippen molar-refractivity contribution in [3.8, 4) is 0 Å². The maximum Gasteiger partial charge on any atom is 0.252 e. The maximum atomic E-state index is 14.2. The van der Waals surface area contributed by atoms with Crippen molar-refractivity contribution in [1.29, 1.82) is 0 Å². The van der Waals surface area contributed by atoms with Gasteiger partial charge in [-0.3, -0.25) is 14.4 Å². The number of hydrogen-bond acceptors (Lipinski definition) is 4. The molecule has 3 aromatic carbocycles. The van der Waals surface area contributed by atoms with E-state index in [1.165, 1.54) is 6.92 Å².